The highest BCUT2D eigenvalue weighted by Crippen LogP contribution is 2.23. The number of nitro groups is 1. The summed E-state index contributed by atoms with van der Waals surface area (Å²) in [5.74, 6) is -0.0455. The van der Waals surface area contributed by atoms with Gasteiger partial charge in [-0.1, -0.05) is 17.7 Å². The van der Waals surface area contributed by atoms with Crippen LogP contribution in [0.25, 0.3) is 0 Å². The Balaban J connectivity index is 0.00000220. The van der Waals surface area contributed by atoms with Crippen LogP contribution >= 0.6 is 24.0 Å². The number of hydrogen-bond donors (Lipinski definition) is 1. The summed E-state index contributed by atoms with van der Waals surface area (Å²) in [5, 5.41) is 10.9. The molecule has 0 aliphatic carbocycles. The molecule has 8 heteroatoms. The third-order valence-corrected chi connectivity index (χ3v) is 3.75. The third-order valence-electron chi connectivity index (χ3n) is 3.40. The number of rotatable bonds is 3. The number of carbonyl (C=O) groups excluding carboxylic acids is 1. The van der Waals surface area contributed by atoms with E-state index < -0.39 is 4.92 Å². The van der Waals surface area contributed by atoms with E-state index in [2.05, 4.69) is 0 Å². The minimum absolute atomic E-state index is 0. The molecule has 0 radical (unpaired) electrons. The first-order valence-electron chi connectivity index (χ1n) is 6.43. The standard InChI is InChI=1S/C13H16ClN3O3.ClH/c14-12-7-11(17(19)20)4-3-9(12)6-13(18)16-5-1-2-10(15)8-16;/h3-4,7,10H,1-2,5-6,8,15H2;1H. The Kier molecular flexibility index (Phi) is 6.39. The van der Waals surface area contributed by atoms with E-state index in [4.69, 9.17) is 17.3 Å². The Bertz CT molecular complexity index is 539. The van der Waals surface area contributed by atoms with Crippen LogP contribution in [0.3, 0.4) is 0 Å². The fourth-order valence-corrected chi connectivity index (χ4v) is 2.55. The molecule has 1 aromatic rings. The number of halogens is 2. The number of amides is 1. The van der Waals surface area contributed by atoms with Gasteiger partial charge in [0.25, 0.3) is 5.69 Å². The van der Waals surface area contributed by atoms with Gasteiger partial charge in [0.1, 0.15) is 0 Å². The highest BCUT2D eigenvalue weighted by Gasteiger charge is 2.22. The largest absolute Gasteiger partial charge is 0.341 e. The summed E-state index contributed by atoms with van der Waals surface area (Å²) in [6.07, 6.45) is 1.98. The highest BCUT2D eigenvalue weighted by molar-refractivity contribution is 6.31. The van der Waals surface area contributed by atoms with Crippen LogP contribution in [-0.2, 0) is 11.2 Å². The summed E-state index contributed by atoms with van der Waals surface area (Å²) < 4.78 is 0. The van der Waals surface area contributed by atoms with Gasteiger partial charge < -0.3 is 10.6 Å². The molecule has 1 aliphatic heterocycles. The Morgan fingerprint density at radius 1 is 1.52 bits per heavy atom. The SMILES string of the molecule is Cl.NC1CCCN(C(=O)Cc2ccc([N+](=O)[O-])cc2Cl)C1. The summed E-state index contributed by atoms with van der Waals surface area (Å²) in [7, 11) is 0. The minimum atomic E-state index is -0.513. The zero-order valence-corrected chi connectivity index (χ0v) is 12.9. The molecule has 1 unspecified atom stereocenters. The maximum Gasteiger partial charge on any atom is 0.270 e. The number of nitrogens with two attached hydrogens (primary N) is 1. The molecular weight excluding hydrogens is 317 g/mol. The fraction of sp³-hybridized carbons (Fsp3) is 0.462. The number of benzene rings is 1. The van der Waals surface area contributed by atoms with Crippen molar-refractivity contribution in [3.63, 3.8) is 0 Å². The average molecular weight is 334 g/mol. The average Bonchev–Trinajstić information content (AvgIpc) is 2.40. The van der Waals surface area contributed by atoms with E-state index in [1.54, 1.807) is 4.90 Å². The summed E-state index contributed by atoms with van der Waals surface area (Å²) in [5.41, 5.74) is 6.37. The zero-order chi connectivity index (χ0) is 14.7. The molecule has 1 fully saturated rings. The maximum absolute atomic E-state index is 12.2. The fourth-order valence-electron chi connectivity index (χ4n) is 2.30. The second-order valence-electron chi connectivity index (χ2n) is 4.95. The van der Waals surface area contributed by atoms with Crippen LogP contribution < -0.4 is 5.73 Å². The van der Waals surface area contributed by atoms with E-state index in [1.807, 2.05) is 0 Å². The van der Waals surface area contributed by atoms with Crippen LogP contribution in [0.4, 0.5) is 5.69 Å². The number of piperidine rings is 1. The van der Waals surface area contributed by atoms with Crippen LogP contribution in [0.2, 0.25) is 5.02 Å². The topological polar surface area (TPSA) is 89.5 Å². The first kappa shape index (κ1) is 17.7. The van der Waals surface area contributed by atoms with Crippen molar-refractivity contribution < 1.29 is 9.72 Å². The Hall–Kier alpha value is -1.37. The number of likely N-dealkylation sites (tertiary alicyclic amines) is 1. The zero-order valence-electron chi connectivity index (χ0n) is 11.3. The number of nitrogens with zero attached hydrogens (tertiary/aromatic N) is 2. The van der Waals surface area contributed by atoms with Crippen molar-refractivity contribution in [3.05, 3.63) is 38.9 Å². The van der Waals surface area contributed by atoms with Crippen LogP contribution in [-0.4, -0.2) is 34.9 Å². The van der Waals surface area contributed by atoms with Gasteiger partial charge in [-0.2, -0.15) is 0 Å². The molecule has 0 bridgehead atoms. The van der Waals surface area contributed by atoms with E-state index in [1.165, 1.54) is 18.2 Å². The van der Waals surface area contributed by atoms with Crippen molar-refractivity contribution in [2.45, 2.75) is 25.3 Å². The Morgan fingerprint density at radius 3 is 2.81 bits per heavy atom. The van der Waals surface area contributed by atoms with E-state index in [0.717, 1.165) is 12.8 Å². The van der Waals surface area contributed by atoms with Crippen LogP contribution in [0.1, 0.15) is 18.4 Å². The molecular formula is C13H17Cl2N3O3. The van der Waals surface area contributed by atoms with Gasteiger partial charge in [0.05, 0.1) is 16.4 Å². The monoisotopic (exact) mass is 333 g/mol. The lowest BCUT2D eigenvalue weighted by molar-refractivity contribution is -0.384. The summed E-state index contributed by atoms with van der Waals surface area (Å²) in [6.45, 7) is 1.26. The van der Waals surface area contributed by atoms with E-state index in [-0.39, 0.29) is 41.5 Å². The van der Waals surface area contributed by atoms with Crippen molar-refractivity contribution in [2.75, 3.05) is 13.1 Å². The molecule has 116 valence electrons. The second kappa shape index (κ2) is 7.59. The van der Waals surface area contributed by atoms with Crippen LogP contribution in [0.15, 0.2) is 18.2 Å². The molecule has 1 aromatic carbocycles. The number of carbonyl (C=O) groups is 1. The number of nitro benzene ring substituents is 1. The number of hydrogen-bond acceptors (Lipinski definition) is 4. The summed E-state index contributed by atoms with van der Waals surface area (Å²) in [6, 6.07) is 4.19. The quantitative estimate of drug-likeness (QED) is 0.677. The van der Waals surface area contributed by atoms with Crippen LogP contribution in [0, 0.1) is 10.1 Å². The predicted octanol–water partition coefficient (Wildman–Crippen LogP) is 2.16. The third kappa shape index (κ3) is 4.56. The molecule has 2 N–H and O–H groups in total. The van der Waals surface area contributed by atoms with Crippen molar-refractivity contribution in [1.82, 2.24) is 4.90 Å². The normalized spacial score (nSPS) is 18.0. The van der Waals surface area contributed by atoms with Gasteiger partial charge in [0.15, 0.2) is 0 Å². The molecule has 0 spiro atoms. The molecule has 1 atom stereocenters. The van der Waals surface area contributed by atoms with Crippen molar-refractivity contribution in [2.24, 2.45) is 5.73 Å². The van der Waals surface area contributed by atoms with E-state index in [0.29, 0.717) is 18.7 Å². The van der Waals surface area contributed by atoms with Crippen molar-refractivity contribution in [3.8, 4) is 0 Å². The van der Waals surface area contributed by atoms with Crippen molar-refractivity contribution >= 4 is 35.6 Å². The second-order valence-corrected chi connectivity index (χ2v) is 5.36. The lowest BCUT2D eigenvalue weighted by Gasteiger charge is -2.30. The molecule has 0 saturated carbocycles. The predicted molar refractivity (Wildman–Crippen MR) is 82.8 cm³/mol. The Labute approximate surface area is 133 Å². The van der Waals surface area contributed by atoms with E-state index >= 15 is 0 Å². The molecule has 1 amide bonds. The first-order chi connectivity index (χ1) is 9.47. The maximum atomic E-state index is 12.2. The molecule has 6 nitrogen and oxygen atoms in total. The van der Waals surface area contributed by atoms with Gasteiger partial charge in [-0.25, -0.2) is 0 Å². The molecule has 2 rings (SSSR count). The van der Waals surface area contributed by atoms with Gasteiger partial charge in [-0.3, -0.25) is 14.9 Å². The first-order valence-corrected chi connectivity index (χ1v) is 6.81. The molecule has 1 saturated heterocycles. The van der Waals surface area contributed by atoms with Crippen molar-refractivity contribution in [1.29, 1.82) is 0 Å². The van der Waals surface area contributed by atoms with Gasteiger partial charge >= 0.3 is 0 Å². The van der Waals surface area contributed by atoms with E-state index in [9.17, 15) is 14.9 Å². The summed E-state index contributed by atoms with van der Waals surface area (Å²) >= 11 is 5.99. The minimum Gasteiger partial charge on any atom is -0.341 e. The molecule has 1 heterocycles. The lowest BCUT2D eigenvalue weighted by atomic mass is 10.0. The van der Waals surface area contributed by atoms with Gasteiger partial charge in [0.2, 0.25) is 5.91 Å². The highest BCUT2D eigenvalue weighted by atomic mass is 35.5. The van der Waals surface area contributed by atoms with Crippen LogP contribution in [0.5, 0.6) is 0 Å². The number of non-ortho nitro benzene ring substituents is 1. The van der Waals surface area contributed by atoms with Gasteiger partial charge in [0, 0.05) is 31.3 Å². The lowest BCUT2D eigenvalue weighted by Crippen LogP contribution is -2.46. The summed E-state index contributed by atoms with van der Waals surface area (Å²) in [4.78, 5) is 24.0. The smallest absolute Gasteiger partial charge is 0.270 e. The van der Waals surface area contributed by atoms with Gasteiger partial charge in [-0.05, 0) is 18.4 Å². The molecule has 0 aromatic heterocycles. The Morgan fingerprint density at radius 2 is 2.24 bits per heavy atom. The van der Waals surface area contributed by atoms with Gasteiger partial charge in [-0.15, -0.1) is 12.4 Å². The molecule has 1 aliphatic rings. The molecule has 21 heavy (non-hydrogen) atoms.